The Morgan fingerprint density at radius 2 is 1.86 bits per heavy atom. The quantitative estimate of drug-likeness (QED) is 0.604. The largest absolute Gasteiger partial charge is 0.253 e. The standard InChI is InChI=1S/C13H15N/c1-9-4-6-12-10(2)8-11(3)14-13(12)7-5-9/h4-9H,1-3H3. The fourth-order valence-corrected chi connectivity index (χ4v) is 1.77. The topological polar surface area (TPSA) is 12.9 Å². The van der Waals surface area contributed by atoms with Crippen molar-refractivity contribution in [3.63, 3.8) is 0 Å². The summed E-state index contributed by atoms with van der Waals surface area (Å²) < 4.78 is 0. The number of fused-ring (bicyclic) bond motifs is 1. The van der Waals surface area contributed by atoms with E-state index in [1.807, 2.05) is 6.92 Å². The molecule has 2 rings (SSSR count). The molecule has 0 saturated carbocycles. The summed E-state index contributed by atoms with van der Waals surface area (Å²) in [4.78, 5) is 4.53. The first kappa shape index (κ1) is 9.20. The van der Waals surface area contributed by atoms with Gasteiger partial charge in [0.05, 0.1) is 5.69 Å². The zero-order chi connectivity index (χ0) is 10.1. The molecular formula is C13H15N. The Morgan fingerprint density at radius 1 is 1.14 bits per heavy atom. The zero-order valence-corrected chi connectivity index (χ0v) is 8.91. The summed E-state index contributed by atoms with van der Waals surface area (Å²) in [7, 11) is 0. The van der Waals surface area contributed by atoms with E-state index in [1.54, 1.807) is 0 Å². The fraction of sp³-hybridized carbons (Fsp3) is 0.308. The molecule has 0 aromatic carbocycles. The Bertz CT molecular complexity index is 413. The average molecular weight is 185 g/mol. The number of rotatable bonds is 0. The fourth-order valence-electron chi connectivity index (χ4n) is 1.77. The third-order valence-corrected chi connectivity index (χ3v) is 2.55. The first-order valence-electron chi connectivity index (χ1n) is 5.01. The Kier molecular flexibility index (Phi) is 2.24. The minimum absolute atomic E-state index is 0.504. The van der Waals surface area contributed by atoms with Crippen molar-refractivity contribution in [1.82, 2.24) is 4.98 Å². The van der Waals surface area contributed by atoms with Crippen LogP contribution in [0.2, 0.25) is 0 Å². The van der Waals surface area contributed by atoms with Gasteiger partial charge in [-0.3, -0.25) is 4.98 Å². The van der Waals surface area contributed by atoms with Gasteiger partial charge in [-0.1, -0.05) is 25.2 Å². The van der Waals surface area contributed by atoms with Gasteiger partial charge in [0.2, 0.25) is 0 Å². The van der Waals surface area contributed by atoms with Crippen LogP contribution in [0, 0.1) is 19.8 Å². The summed E-state index contributed by atoms with van der Waals surface area (Å²) in [5.74, 6) is 0.504. The highest BCUT2D eigenvalue weighted by molar-refractivity contribution is 5.67. The van der Waals surface area contributed by atoms with Gasteiger partial charge in [0.25, 0.3) is 0 Å². The van der Waals surface area contributed by atoms with Crippen molar-refractivity contribution >= 4 is 12.2 Å². The molecule has 0 spiro atoms. The molecule has 1 aromatic heterocycles. The molecule has 0 aliphatic heterocycles. The normalized spacial score (nSPS) is 19.2. The first-order valence-corrected chi connectivity index (χ1v) is 5.01. The maximum Gasteiger partial charge on any atom is 0.0704 e. The van der Waals surface area contributed by atoms with Crippen LogP contribution in [0.5, 0.6) is 0 Å². The molecule has 1 aliphatic carbocycles. The van der Waals surface area contributed by atoms with Crippen molar-refractivity contribution in [1.29, 1.82) is 0 Å². The van der Waals surface area contributed by atoms with Gasteiger partial charge in [0.15, 0.2) is 0 Å². The number of hydrogen-bond donors (Lipinski definition) is 0. The van der Waals surface area contributed by atoms with E-state index in [9.17, 15) is 0 Å². The number of aryl methyl sites for hydroxylation is 2. The van der Waals surface area contributed by atoms with E-state index in [0.29, 0.717) is 5.92 Å². The van der Waals surface area contributed by atoms with E-state index in [-0.39, 0.29) is 0 Å². The second-order valence-electron chi connectivity index (χ2n) is 3.96. The van der Waals surface area contributed by atoms with Gasteiger partial charge in [-0.15, -0.1) is 0 Å². The third kappa shape index (κ3) is 1.63. The molecule has 0 saturated heterocycles. The number of pyridine rings is 1. The van der Waals surface area contributed by atoms with E-state index < -0.39 is 0 Å². The molecule has 0 radical (unpaired) electrons. The molecule has 1 nitrogen and oxygen atoms in total. The van der Waals surface area contributed by atoms with E-state index in [0.717, 1.165) is 11.4 Å². The first-order chi connectivity index (χ1) is 6.66. The summed E-state index contributed by atoms with van der Waals surface area (Å²) in [6, 6.07) is 2.13. The van der Waals surface area contributed by atoms with Gasteiger partial charge in [-0.25, -0.2) is 0 Å². The highest BCUT2D eigenvalue weighted by atomic mass is 14.7. The summed E-state index contributed by atoms with van der Waals surface area (Å²) in [5.41, 5.74) is 4.76. The van der Waals surface area contributed by atoms with Crippen LogP contribution < -0.4 is 0 Å². The SMILES string of the molecule is Cc1cc(C)c2c(n1)C=CC(C)C=C2. The predicted molar refractivity (Wildman–Crippen MR) is 60.9 cm³/mol. The van der Waals surface area contributed by atoms with Crippen LogP contribution in [0.15, 0.2) is 18.2 Å². The lowest BCUT2D eigenvalue weighted by Crippen LogP contribution is -1.93. The van der Waals surface area contributed by atoms with Gasteiger partial charge in [0.1, 0.15) is 0 Å². The lowest BCUT2D eigenvalue weighted by Gasteiger charge is -2.05. The average Bonchev–Trinajstić information content (AvgIpc) is 2.28. The molecule has 1 aliphatic rings. The third-order valence-electron chi connectivity index (χ3n) is 2.55. The number of allylic oxidation sites excluding steroid dienone is 2. The van der Waals surface area contributed by atoms with Crippen molar-refractivity contribution in [3.8, 4) is 0 Å². The molecule has 1 aromatic rings. The summed E-state index contributed by atoms with van der Waals surface area (Å²) in [5, 5.41) is 0. The lowest BCUT2D eigenvalue weighted by atomic mass is 10.1. The molecule has 0 fully saturated rings. The van der Waals surface area contributed by atoms with Crippen molar-refractivity contribution < 1.29 is 0 Å². The van der Waals surface area contributed by atoms with Crippen molar-refractivity contribution in [2.75, 3.05) is 0 Å². The summed E-state index contributed by atoms with van der Waals surface area (Å²) >= 11 is 0. The van der Waals surface area contributed by atoms with Crippen LogP contribution in [0.25, 0.3) is 12.2 Å². The maximum atomic E-state index is 4.53. The van der Waals surface area contributed by atoms with Gasteiger partial charge < -0.3 is 0 Å². The van der Waals surface area contributed by atoms with Crippen LogP contribution in [-0.2, 0) is 0 Å². The highest BCUT2D eigenvalue weighted by Crippen LogP contribution is 2.21. The van der Waals surface area contributed by atoms with Crippen molar-refractivity contribution in [2.45, 2.75) is 20.8 Å². The molecule has 0 N–H and O–H groups in total. The van der Waals surface area contributed by atoms with Crippen LogP contribution in [0.3, 0.4) is 0 Å². The second kappa shape index (κ2) is 3.41. The molecule has 1 atom stereocenters. The van der Waals surface area contributed by atoms with E-state index in [1.165, 1.54) is 11.1 Å². The Balaban J connectivity index is 2.62. The second-order valence-corrected chi connectivity index (χ2v) is 3.96. The smallest absolute Gasteiger partial charge is 0.0704 e. The molecule has 0 bridgehead atoms. The minimum atomic E-state index is 0.504. The summed E-state index contributed by atoms with van der Waals surface area (Å²) in [6.07, 6.45) is 8.71. The van der Waals surface area contributed by atoms with Crippen LogP contribution >= 0.6 is 0 Å². The highest BCUT2D eigenvalue weighted by Gasteiger charge is 2.06. The monoisotopic (exact) mass is 185 g/mol. The number of aromatic nitrogens is 1. The van der Waals surface area contributed by atoms with Crippen LogP contribution in [0.1, 0.15) is 29.4 Å². The van der Waals surface area contributed by atoms with E-state index in [2.05, 4.69) is 49.2 Å². The predicted octanol–water partition coefficient (Wildman–Crippen LogP) is 3.37. The lowest BCUT2D eigenvalue weighted by molar-refractivity contribution is 0.953. The Hall–Kier alpha value is -1.37. The molecule has 14 heavy (non-hydrogen) atoms. The van der Waals surface area contributed by atoms with Gasteiger partial charge >= 0.3 is 0 Å². The van der Waals surface area contributed by atoms with Crippen molar-refractivity contribution in [3.05, 3.63) is 40.7 Å². The molecular weight excluding hydrogens is 170 g/mol. The van der Waals surface area contributed by atoms with Gasteiger partial charge in [0, 0.05) is 11.3 Å². The minimum Gasteiger partial charge on any atom is -0.253 e. The Labute approximate surface area is 85.2 Å². The van der Waals surface area contributed by atoms with Crippen LogP contribution in [-0.4, -0.2) is 4.98 Å². The summed E-state index contributed by atoms with van der Waals surface area (Å²) in [6.45, 7) is 6.36. The number of nitrogens with zero attached hydrogens (tertiary/aromatic N) is 1. The molecule has 1 heterocycles. The van der Waals surface area contributed by atoms with Crippen LogP contribution in [0.4, 0.5) is 0 Å². The van der Waals surface area contributed by atoms with E-state index in [4.69, 9.17) is 0 Å². The zero-order valence-electron chi connectivity index (χ0n) is 8.91. The van der Waals surface area contributed by atoms with E-state index >= 15 is 0 Å². The molecule has 72 valence electrons. The molecule has 1 heteroatoms. The van der Waals surface area contributed by atoms with Crippen molar-refractivity contribution in [2.24, 2.45) is 5.92 Å². The van der Waals surface area contributed by atoms with Gasteiger partial charge in [-0.2, -0.15) is 0 Å². The maximum absolute atomic E-state index is 4.53. The Morgan fingerprint density at radius 3 is 2.64 bits per heavy atom. The molecule has 1 unspecified atom stereocenters. The number of hydrogen-bond acceptors (Lipinski definition) is 1. The molecule has 0 amide bonds. The van der Waals surface area contributed by atoms with Gasteiger partial charge in [-0.05, 0) is 37.5 Å².